The molecule has 1 heterocycles. The van der Waals surface area contributed by atoms with Gasteiger partial charge in [0.1, 0.15) is 0 Å². The van der Waals surface area contributed by atoms with Crippen molar-refractivity contribution < 1.29 is 0 Å². The minimum absolute atomic E-state index is 0.159. The summed E-state index contributed by atoms with van der Waals surface area (Å²) in [5, 5.41) is 13.0. The Morgan fingerprint density at radius 1 is 1.33 bits per heavy atom. The number of rotatable bonds is 3. The van der Waals surface area contributed by atoms with Crippen molar-refractivity contribution in [1.82, 2.24) is 4.90 Å². The number of nitrogens with zero attached hydrogens (tertiary/aromatic N) is 2. The predicted octanol–water partition coefficient (Wildman–Crippen LogP) is 3.81. The highest BCUT2D eigenvalue weighted by molar-refractivity contribution is 7.17. The number of benzene rings is 1. The second kappa shape index (κ2) is 4.08. The van der Waals surface area contributed by atoms with Gasteiger partial charge in [-0.1, -0.05) is 18.2 Å². The van der Waals surface area contributed by atoms with Crippen molar-refractivity contribution in [2.24, 2.45) is 5.41 Å². The van der Waals surface area contributed by atoms with E-state index in [9.17, 15) is 5.26 Å². The Morgan fingerprint density at radius 2 is 2.06 bits per heavy atom. The zero-order valence-electron chi connectivity index (χ0n) is 10.7. The van der Waals surface area contributed by atoms with E-state index in [0.29, 0.717) is 0 Å². The summed E-state index contributed by atoms with van der Waals surface area (Å²) in [6, 6.07) is 11.3. The zero-order chi connectivity index (χ0) is 12.8. The number of nitriles is 1. The van der Waals surface area contributed by atoms with E-state index < -0.39 is 0 Å². The van der Waals surface area contributed by atoms with Crippen LogP contribution in [0, 0.1) is 16.7 Å². The summed E-state index contributed by atoms with van der Waals surface area (Å²) in [7, 11) is 4.16. The molecule has 0 saturated heterocycles. The molecule has 3 rings (SSSR count). The molecule has 92 valence electrons. The Balaban J connectivity index is 2.14. The van der Waals surface area contributed by atoms with E-state index in [-0.39, 0.29) is 11.5 Å². The van der Waals surface area contributed by atoms with Gasteiger partial charge in [-0.05, 0) is 49.3 Å². The highest BCUT2D eigenvalue weighted by Gasteiger charge is 2.52. The van der Waals surface area contributed by atoms with Gasteiger partial charge in [-0.25, -0.2) is 0 Å². The topological polar surface area (TPSA) is 27.0 Å². The van der Waals surface area contributed by atoms with Crippen LogP contribution in [0.2, 0.25) is 0 Å². The van der Waals surface area contributed by atoms with Gasteiger partial charge in [0.25, 0.3) is 0 Å². The molecule has 0 aliphatic heterocycles. The molecule has 1 fully saturated rings. The highest BCUT2D eigenvalue weighted by atomic mass is 32.1. The molecule has 0 spiro atoms. The SMILES string of the molecule is CN(C)C(c1csc2ccccc12)C1(C#N)CC1. The van der Waals surface area contributed by atoms with E-state index in [1.807, 2.05) is 0 Å². The fourth-order valence-corrected chi connectivity index (χ4v) is 3.84. The lowest BCUT2D eigenvalue weighted by molar-refractivity contribution is 0.234. The molecule has 1 atom stereocenters. The third-order valence-corrected chi connectivity index (χ3v) is 4.84. The molecule has 0 bridgehead atoms. The maximum atomic E-state index is 9.47. The van der Waals surface area contributed by atoms with Crippen LogP contribution in [0.1, 0.15) is 24.4 Å². The summed E-state index contributed by atoms with van der Waals surface area (Å²) in [4.78, 5) is 2.20. The second-order valence-electron chi connectivity index (χ2n) is 5.32. The van der Waals surface area contributed by atoms with Crippen molar-refractivity contribution >= 4 is 21.4 Å². The highest BCUT2D eigenvalue weighted by Crippen LogP contribution is 2.57. The van der Waals surface area contributed by atoms with Gasteiger partial charge in [0.2, 0.25) is 0 Å². The number of hydrogen-bond acceptors (Lipinski definition) is 3. The van der Waals surface area contributed by atoms with Crippen LogP contribution in [0.3, 0.4) is 0 Å². The minimum Gasteiger partial charge on any atom is -0.301 e. The molecule has 2 nitrogen and oxygen atoms in total. The van der Waals surface area contributed by atoms with Crippen LogP contribution in [0.4, 0.5) is 0 Å². The van der Waals surface area contributed by atoms with Gasteiger partial charge in [0, 0.05) is 4.70 Å². The number of fused-ring (bicyclic) bond motifs is 1. The van der Waals surface area contributed by atoms with Gasteiger partial charge >= 0.3 is 0 Å². The summed E-state index contributed by atoms with van der Waals surface area (Å²) in [5.41, 5.74) is 1.16. The largest absolute Gasteiger partial charge is 0.301 e. The minimum atomic E-state index is -0.159. The van der Waals surface area contributed by atoms with Crippen LogP contribution in [0.25, 0.3) is 10.1 Å². The van der Waals surface area contributed by atoms with Crippen LogP contribution in [0.15, 0.2) is 29.6 Å². The molecule has 0 N–H and O–H groups in total. The lowest BCUT2D eigenvalue weighted by atomic mass is 9.90. The maximum Gasteiger partial charge on any atom is 0.0771 e. The summed E-state index contributed by atoms with van der Waals surface area (Å²) in [6.07, 6.45) is 2.05. The first kappa shape index (κ1) is 11.7. The Morgan fingerprint density at radius 3 is 2.67 bits per heavy atom. The summed E-state index contributed by atoms with van der Waals surface area (Å²) >= 11 is 1.78. The van der Waals surface area contributed by atoms with Crippen LogP contribution < -0.4 is 0 Å². The predicted molar refractivity (Wildman–Crippen MR) is 75.5 cm³/mol. The third kappa shape index (κ3) is 1.65. The monoisotopic (exact) mass is 256 g/mol. The first-order valence-corrected chi connectivity index (χ1v) is 7.10. The summed E-state index contributed by atoms with van der Waals surface area (Å²) in [6.45, 7) is 0. The van der Waals surface area contributed by atoms with Crippen molar-refractivity contribution in [2.75, 3.05) is 14.1 Å². The average Bonchev–Trinajstić information content (AvgIpc) is 3.04. The third-order valence-electron chi connectivity index (χ3n) is 3.86. The van der Waals surface area contributed by atoms with Gasteiger partial charge in [0.15, 0.2) is 0 Å². The molecule has 1 aromatic heterocycles. The Hall–Kier alpha value is -1.37. The van der Waals surface area contributed by atoms with Crippen molar-refractivity contribution in [3.8, 4) is 6.07 Å². The fraction of sp³-hybridized carbons (Fsp3) is 0.400. The van der Waals surface area contributed by atoms with Crippen LogP contribution >= 0.6 is 11.3 Å². The normalized spacial score (nSPS) is 18.8. The van der Waals surface area contributed by atoms with Crippen molar-refractivity contribution in [1.29, 1.82) is 5.26 Å². The van der Waals surface area contributed by atoms with E-state index >= 15 is 0 Å². The van der Waals surface area contributed by atoms with Crippen molar-refractivity contribution in [3.05, 3.63) is 35.2 Å². The summed E-state index contributed by atoms with van der Waals surface area (Å²) in [5.74, 6) is 0. The molecule has 1 saturated carbocycles. The van der Waals surface area contributed by atoms with Crippen molar-refractivity contribution in [3.63, 3.8) is 0 Å². The molecule has 0 amide bonds. The first-order chi connectivity index (χ1) is 8.68. The molecular formula is C15H16N2S. The lowest BCUT2D eigenvalue weighted by Crippen LogP contribution is -2.27. The molecule has 2 aromatic rings. The maximum absolute atomic E-state index is 9.47. The molecular weight excluding hydrogens is 240 g/mol. The molecule has 18 heavy (non-hydrogen) atoms. The van der Waals surface area contributed by atoms with E-state index in [1.54, 1.807) is 11.3 Å². The first-order valence-electron chi connectivity index (χ1n) is 6.22. The fourth-order valence-electron chi connectivity index (χ4n) is 2.86. The molecule has 3 heteroatoms. The average molecular weight is 256 g/mol. The van der Waals surface area contributed by atoms with E-state index in [4.69, 9.17) is 0 Å². The Labute approximate surface area is 111 Å². The standard InChI is InChI=1S/C15H16N2S/c1-17(2)14(15(10-16)7-8-15)12-9-18-13-6-4-3-5-11(12)13/h3-6,9,14H,7-8H2,1-2H3. The van der Waals surface area contributed by atoms with E-state index in [1.165, 1.54) is 15.6 Å². The number of thiophene rings is 1. The molecule has 1 aliphatic carbocycles. The van der Waals surface area contributed by atoms with Gasteiger partial charge in [-0.3, -0.25) is 0 Å². The number of hydrogen-bond donors (Lipinski definition) is 0. The van der Waals surface area contributed by atoms with Gasteiger partial charge in [0.05, 0.1) is 17.5 Å². The molecule has 1 unspecified atom stereocenters. The van der Waals surface area contributed by atoms with Crippen LogP contribution in [-0.4, -0.2) is 19.0 Å². The van der Waals surface area contributed by atoms with Gasteiger partial charge in [-0.15, -0.1) is 11.3 Å². The second-order valence-corrected chi connectivity index (χ2v) is 6.23. The van der Waals surface area contributed by atoms with E-state index in [0.717, 1.165) is 12.8 Å². The summed E-state index contributed by atoms with van der Waals surface area (Å²) < 4.78 is 1.31. The molecule has 1 aliphatic rings. The van der Waals surface area contributed by atoms with E-state index in [2.05, 4.69) is 54.7 Å². The van der Waals surface area contributed by atoms with Crippen LogP contribution in [0.5, 0.6) is 0 Å². The van der Waals surface area contributed by atoms with Gasteiger partial charge < -0.3 is 4.90 Å². The zero-order valence-corrected chi connectivity index (χ0v) is 11.5. The van der Waals surface area contributed by atoms with Crippen molar-refractivity contribution in [2.45, 2.75) is 18.9 Å². The van der Waals surface area contributed by atoms with Gasteiger partial charge in [-0.2, -0.15) is 5.26 Å². The quantitative estimate of drug-likeness (QED) is 0.835. The Kier molecular flexibility index (Phi) is 2.65. The lowest BCUT2D eigenvalue weighted by Gasteiger charge is -2.28. The van der Waals surface area contributed by atoms with Crippen LogP contribution in [-0.2, 0) is 0 Å². The smallest absolute Gasteiger partial charge is 0.0771 e. The molecule has 1 aromatic carbocycles. The molecule has 0 radical (unpaired) electrons. The Bertz CT molecular complexity index is 617.